The maximum absolute atomic E-state index is 10.5. The summed E-state index contributed by atoms with van der Waals surface area (Å²) < 4.78 is 0. The predicted octanol–water partition coefficient (Wildman–Crippen LogP) is 2.94. The molecule has 0 aromatic rings. The summed E-state index contributed by atoms with van der Waals surface area (Å²) in [4.78, 5) is 0. The quantitative estimate of drug-likeness (QED) is 0.775. The normalized spacial score (nSPS) is 27.4. The Kier molecular flexibility index (Phi) is 4.42. The Hall–Kier alpha value is -0.0800. The molecule has 0 radical (unpaired) electrons. The van der Waals surface area contributed by atoms with Crippen molar-refractivity contribution in [2.45, 2.75) is 65.9 Å². The van der Waals surface area contributed by atoms with Crippen molar-refractivity contribution in [3.8, 4) is 0 Å². The zero-order chi connectivity index (χ0) is 12.4. The maximum atomic E-state index is 10.5. The minimum absolute atomic E-state index is 0.00898. The standard InChI is InChI=1S/C14H29NO/c1-5-11(2)12(16)14(10-15)8-6-13(3,4)7-9-14/h11-12,16H,5-10,15H2,1-4H3. The highest BCUT2D eigenvalue weighted by molar-refractivity contribution is 4.95. The van der Waals surface area contributed by atoms with Crippen LogP contribution in [0.2, 0.25) is 0 Å². The van der Waals surface area contributed by atoms with E-state index in [0.717, 1.165) is 19.3 Å². The molecule has 1 fully saturated rings. The first-order valence-electron chi connectivity index (χ1n) is 6.75. The van der Waals surface area contributed by atoms with Gasteiger partial charge in [0.1, 0.15) is 0 Å². The van der Waals surface area contributed by atoms with E-state index in [1.807, 2.05) is 0 Å². The van der Waals surface area contributed by atoms with Gasteiger partial charge in [0.05, 0.1) is 6.10 Å². The van der Waals surface area contributed by atoms with E-state index in [-0.39, 0.29) is 11.5 Å². The van der Waals surface area contributed by atoms with E-state index >= 15 is 0 Å². The van der Waals surface area contributed by atoms with Crippen molar-refractivity contribution >= 4 is 0 Å². The molecule has 2 unspecified atom stereocenters. The molecule has 1 rings (SSSR count). The van der Waals surface area contributed by atoms with Gasteiger partial charge in [0, 0.05) is 12.0 Å². The van der Waals surface area contributed by atoms with Gasteiger partial charge < -0.3 is 10.8 Å². The Morgan fingerprint density at radius 3 is 2.06 bits per heavy atom. The van der Waals surface area contributed by atoms with Crippen LogP contribution in [-0.2, 0) is 0 Å². The molecule has 16 heavy (non-hydrogen) atoms. The topological polar surface area (TPSA) is 46.2 Å². The molecule has 3 N–H and O–H groups in total. The summed E-state index contributed by atoms with van der Waals surface area (Å²) in [6, 6.07) is 0. The molecule has 0 bridgehead atoms. The lowest BCUT2D eigenvalue weighted by Gasteiger charge is -2.47. The fraction of sp³-hybridized carbons (Fsp3) is 1.00. The summed E-state index contributed by atoms with van der Waals surface area (Å²) in [5.41, 5.74) is 6.39. The molecule has 0 aromatic carbocycles. The smallest absolute Gasteiger partial charge is 0.0633 e. The number of hydrogen-bond acceptors (Lipinski definition) is 2. The first kappa shape index (κ1) is 14.0. The SMILES string of the molecule is CCC(C)C(O)C1(CN)CCC(C)(C)CC1. The molecule has 2 heteroatoms. The molecular weight excluding hydrogens is 198 g/mol. The maximum Gasteiger partial charge on any atom is 0.0633 e. The summed E-state index contributed by atoms with van der Waals surface area (Å²) in [7, 11) is 0. The molecule has 0 aromatic heterocycles. The fourth-order valence-corrected chi connectivity index (χ4v) is 2.87. The van der Waals surface area contributed by atoms with E-state index in [2.05, 4.69) is 27.7 Å². The number of hydrogen-bond donors (Lipinski definition) is 2. The second-order valence-electron chi connectivity index (χ2n) is 6.56. The van der Waals surface area contributed by atoms with E-state index in [1.54, 1.807) is 0 Å². The van der Waals surface area contributed by atoms with Crippen LogP contribution in [0.1, 0.15) is 59.8 Å². The number of aliphatic hydroxyl groups is 1. The first-order valence-corrected chi connectivity index (χ1v) is 6.75. The van der Waals surface area contributed by atoms with Gasteiger partial charge in [0.2, 0.25) is 0 Å². The van der Waals surface area contributed by atoms with Crippen LogP contribution in [0.5, 0.6) is 0 Å². The van der Waals surface area contributed by atoms with Crippen LogP contribution in [0, 0.1) is 16.7 Å². The van der Waals surface area contributed by atoms with Gasteiger partial charge in [-0.25, -0.2) is 0 Å². The van der Waals surface area contributed by atoms with Gasteiger partial charge in [-0.3, -0.25) is 0 Å². The zero-order valence-electron chi connectivity index (χ0n) is 11.4. The fourth-order valence-electron chi connectivity index (χ4n) is 2.87. The second kappa shape index (κ2) is 5.05. The molecule has 0 heterocycles. The highest BCUT2D eigenvalue weighted by Crippen LogP contribution is 2.47. The summed E-state index contributed by atoms with van der Waals surface area (Å²) in [6.45, 7) is 9.56. The van der Waals surface area contributed by atoms with E-state index in [9.17, 15) is 5.11 Å². The molecular formula is C14H29NO. The minimum atomic E-state index is -0.224. The van der Waals surface area contributed by atoms with E-state index < -0.39 is 0 Å². The third-order valence-electron chi connectivity index (χ3n) is 4.82. The Bertz CT molecular complexity index is 215. The van der Waals surface area contributed by atoms with Gasteiger partial charge >= 0.3 is 0 Å². The summed E-state index contributed by atoms with van der Waals surface area (Å²) in [5, 5.41) is 10.5. The minimum Gasteiger partial charge on any atom is -0.392 e. The molecule has 0 amide bonds. The Balaban J connectivity index is 2.73. The molecule has 2 nitrogen and oxygen atoms in total. The van der Waals surface area contributed by atoms with E-state index in [4.69, 9.17) is 5.73 Å². The molecule has 0 aliphatic heterocycles. The van der Waals surface area contributed by atoms with E-state index in [1.165, 1.54) is 12.8 Å². The van der Waals surface area contributed by atoms with Crippen molar-refractivity contribution < 1.29 is 5.11 Å². The Morgan fingerprint density at radius 1 is 1.19 bits per heavy atom. The molecule has 0 saturated heterocycles. The molecule has 0 spiro atoms. The van der Waals surface area contributed by atoms with Crippen LogP contribution in [0.3, 0.4) is 0 Å². The van der Waals surface area contributed by atoms with Gasteiger partial charge in [-0.2, -0.15) is 0 Å². The van der Waals surface area contributed by atoms with Crippen molar-refractivity contribution in [1.82, 2.24) is 0 Å². The Morgan fingerprint density at radius 2 is 1.69 bits per heavy atom. The molecule has 1 aliphatic carbocycles. The van der Waals surface area contributed by atoms with Crippen LogP contribution < -0.4 is 5.73 Å². The lowest BCUT2D eigenvalue weighted by Crippen LogP contribution is -2.48. The zero-order valence-corrected chi connectivity index (χ0v) is 11.4. The van der Waals surface area contributed by atoms with Crippen LogP contribution in [0.25, 0.3) is 0 Å². The Labute approximate surface area is 101 Å². The molecule has 2 atom stereocenters. The third kappa shape index (κ3) is 2.78. The average molecular weight is 227 g/mol. The van der Waals surface area contributed by atoms with Crippen molar-refractivity contribution in [3.63, 3.8) is 0 Å². The van der Waals surface area contributed by atoms with Crippen molar-refractivity contribution in [2.24, 2.45) is 22.5 Å². The van der Waals surface area contributed by atoms with Crippen LogP contribution in [-0.4, -0.2) is 17.8 Å². The lowest BCUT2D eigenvalue weighted by atomic mass is 9.61. The molecule has 96 valence electrons. The highest BCUT2D eigenvalue weighted by Gasteiger charge is 2.43. The third-order valence-corrected chi connectivity index (χ3v) is 4.82. The number of nitrogens with two attached hydrogens (primary N) is 1. The summed E-state index contributed by atoms with van der Waals surface area (Å²) in [6.07, 6.45) is 5.37. The van der Waals surface area contributed by atoms with Gasteiger partial charge in [0.25, 0.3) is 0 Å². The van der Waals surface area contributed by atoms with Crippen LogP contribution in [0.4, 0.5) is 0 Å². The summed E-state index contributed by atoms with van der Waals surface area (Å²) >= 11 is 0. The van der Waals surface area contributed by atoms with E-state index in [0.29, 0.717) is 17.9 Å². The van der Waals surface area contributed by atoms with Gasteiger partial charge in [-0.15, -0.1) is 0 Å². The van der Waals surface area contributed by atoms with Crippen molar-refractivity contribution in [3.05, 3.63) is 0 Å². The average Bonchev–Trinajstić information content (AvgIpc) is 2.28. The van der Waals surface area contributed by atoms with Crippen molar-refractivity contribution in [1.29, 1.82) is 0 Å². The second-order valence-corrected chi connectivity index (χ2v) is 6.56. The largest absolute Gasteiger partial charge is 0.392 e. The van der Waals surface area contributed by atoms with Gasteiger partial charge in [-0.1, -0.05) is 34.1 Å². The predicted molar refractivity (Wildman–Crippen MR) is 69.2 cm³/mol. The summed E-state index contributed by atoms with van der Waals surface area (Å²) in [5.74, 6) is 0.366. The first-order chi connectivity index (χ1) is 7.37. The van der Waals surface area contributed by atoms with Gasteiger partial charge in [-0.05, 0) is 37.0 Å². The monoisotopic (exact) mass is 227 g/mol. The number of aliphatic hydroxyl groups excluding tert-OH is 1. The number of rotatable bonds is 4. The van der Waals surface area contributed by atoms with Crippen LogP contribution >= 0.6 is 0 Å². The van der Waals surface area contributed by atoms with Gasteiger partial charge in [0.15, 0.2) is 0 Å². The highest BCUT2D eigenvalue weighted by atomic mass is 16.3. The molecule has 1 aliphatic rings. The molecule has 1 saturated carbocycles. The van der Waals surface area contributed by atoms with Crippen LogP contribution in [0.15, 0.2) is 0 Å². The van der Waals surface area contributed by atoms with Crippen molar-refractivity contribution in [2.75, 3.05) is 6.54 Å². The lowest BCUT2D eigenvalue weighted by molar-refractivity contribution is -0.0511.